The fraction of sp³-hybridized carbons (Fsp3) is 0.125. The fourth-order valence-corrected chi connectivity index (χ4v) is 3.33. The number of aromatic hydroxyl groups is 1. The predicted octanol–water partition coefficient (Wildman–Crippen LogP) is 3.21. The third kappa shape index (κ3) is 3.70. The van der Waals surface area contributed by atoms with Gasteiger partial charge in [-0.3, -0.25) is 4.79 Å². The summed E-state index contributed by atoms with van der Waals surface area (Å²) in [6.07, 6.45) is 0.556. The van der Waals surface area contributed by atoms with Gasteiger partial charge in [0.05, 0.1) is 10.7 Å². The van der Waals surface area contributed by atoms with E-state index in [4.69, 9.17) is 9.47 Å². The van der Waals surface area contributed by atoms with Crippen molar-refractivity contribution in [3.05, 3.63) is 50.9 Å². The third-order valence-electron chi connectivity index (χ3n) is 3.24. The second-order valence-corrected chi connectivity index (χ2v) is 6.69. The summed E-state index contributed by atoms with van der Waals surface area (Å²) in [7, 11) is 0. The third-order valence-corrected chi connectivity index (χ3v) is 4.30. The van der Waals surface area contributed by atoms with Gasteiger partial charge < -0.3 is 14.6 Å². The summed E-state index contributed by atoms with van der Waals surface area (Å²) in [6.45, 7) is 0.103. The molecule has 2 aromatic rings. The highest BCUT2D eigenvalue weighted by Crippen LogP contribution is 2.31. The van der Waals surface area contributed by atoms with Crippen LogP contribution in [0, 0.1) is 0 Å². The van der Waals surface area contributed by atoms with Crippen molar-refractivity contribution < 1.29 is 19.4 Å². The molecule has 1 heterocycles. The zero-order valence-electron chi connectivity index (χ0n) is 12.2. The standard InChI is InChI=1S/C16H12Br2N2O4/c17-10-5-9(15(21)11(18)6-10)7-19-20-16(22)14-8-23-12-3-1-2-4-13(12)24-14/h1-7,14,21H,8H2,(H,20,22)/b19-7+/t14-/m1/s1. The normalized spacial score (nSPS) is 16.2. The summed E-state index contributed by atoms with van der Waals surface area (Å²) in [5.74, 6) is 0.715. The van der Waals surface area contributed by atoms with Crippen LogP contribution in [0.15, 0.2) is 50.4 Å². The van der Waals surface area contributed by atoms with Gasteiger partial charge in [-0.2, -0.15) is 5.10 Å². The van der Waals surface area contributed by atoms with E-state index in [-0.39, 0.29) is 12.4 Å². The Balaban J connectivity index is 1.64. The van der Waals surface area contributed by atoms with E-state index < -0.39 is 12.0 Å². The number of halogens is 2. The quantitative estimate of drug-likeness (QED) is 0.550. The van der Waals surface area contributed by atoms with E-state index in [1.165, 1.54) is 6.21 Å². The van der Waals surface area contributed by atoms with Crippen molar-refractivity contribution >= 4 is 44.0 Å². The van der Waals surface area contributed by atoms with Crippen LogP contribution >= 0.6 is 31.9 Å². The van der Waals surface area contributed by atoms with Crippen LogP contribution in [0.1, 0.15) is 5.56 Å². The topological polar surface area (TPSA) is 80.2 Å². The highest BCUT2D eigenvalue weighted by molar-refractivity contribution is 9.11. The Bertz CT molecular complexity index is 811. The zero-order valence-corrected chi connectivity index (χ0v) is 15.4. The van der Waals surface area contributed by atoms with Crippen molar-refractivity contribution in [1.82, 2.24) is 5.43 Å². The summed E-state index contributed by atoms with van der Waals surface area (Å²) >= 11 is 6.55. The number of nitrogens with one attached hydrogen (secondary N) is 1. The molecule has 1 amide bonds. The van der Waals surface area contributed by atoms with Gasteiger partial charge in [0, 0.05) is 10.0 Å². The predicted molar refractivity (Wildman–Crippen MR) is 95.6 cm³/mol. The van der Waals surface area contributed by atoms with Crippen LogP contribution in [-0.2, 0) is 4.79 Å². The van der Waals surface area contributed by atoms with Crippen LogP contribution in [0.5, 0.6) is 17.2 Å². The van der Waals surface area contributed by atoms with Gasteiger partial charge in [-0.05, 0) is 40.2 Å². The Morgan fingerprint density at radius 3 is 2.83 bits per heavy atom. The van der Waals surface area contributed by atoms with Crippen LogP contribution in [0.2, 0.25) is 0 Å². The van der Waals surface area contributed by atoms with E-state index >= 15 is 0 Å². The van der Waals surface area contributed by atoms with Gasteiger partial charge in [0.25, 0.3) is 5.91 Å². The summed E-state index contributed by atoms with van der Waals surface area (Å²) in [5.41, 5.74) is 2.83. The number of rotatable bonds is 3. The molecule has 0 bridgehead atoms. The molecule has 124 valence electrons. The lowest BCUT2D eigenvalue weighted by molar-refractivity contribution is -0.130. The van der Waals surface area contributed by atoms with Gasteiger partial charge in [-0.1, -0.05) is 28.1 Å². The lowest BCUT2D eigenvalue weighted by atomic mass is 10.2. The van der Waals surface area contributed by atoms with Gasteiger partial charge in [-0.15, -0.1) is 0 Å². The van der Waals surface area contributed by atoms with Crippen molar-refractivity contribution in [2.75, 3.05) is 6.61 Å². The number of benzene rings is 2. The molecule has 2 aromatic carbocycles. The Morgan fingerprint density at radius 1 is 1.29 bits per heavy atom. The number of hydrazone groups is 1. The number of amides is 1. The van der Waals surface area contributed by atoms with Crippen molar-refractivity contribution in [3.8, 4) is 17.2 Å². The average molecular weight is 456 g/mol. The molecule has 0 saturated carbocycles. The molecular weight excluding hydrogens is 444 g/mol. The molecule has 6 nitrogen and oxygen atoms in total. The highest BCUT2D eigenvalue weighted by Gasteiger charge is 2.27. The minimum atomic E-state index is -0.792. The van der Waals surface area contributed by atoms with Crippen LogP contribution < -0.4 is 14.9 Å². The zero-order chi connectivity index (χ0) is 17.1. The number of para-hydroxylation sites is 2. The molecule has 1 aliphatic rings. The van der Waals surface area contributed by atoms with Gasteiger partial charge in [0.15, 0.2) is 11.5 Å². The van der Waals surface area contributed by atoms with Gasteiger partial charge >= 0.3 is 0 Å². The van der Waals surface area contributed by atoms with E-state index in [0.29, 0.717) is 21.5 Å². The Morgan fingerprint density at radius 2 is 2.04 bits per heavy atom. The number of nitrogens with zero attached hydrogens (tertiary/aromatic N) is 1. The van der Waals surface area contributed by atoms with E-state index in [1.54, 1.807) is 30.3 Å². The number of carbonyl (C=O) groups is 1. The number of carbonyl (C=O) groups excluding carboxylic acids is 1. The van der Waals surface area contributed by atoms with Crippen molar-refractivity contribution in [2.45, 2.75) is 6.10 Å². The van der Waals surface area contributed by atoms with Crippen molar-refractivity contribution in [2.24, 2.45) is 5.10 Å². The van der Waals surface area contributed by atoms with Crippen LogP contribution in [0.4, 0.5) is 0 Å². The summed E-state index contributed by atoms with van der Waals surface area (Å²) in [5, 5.41) is 13.8. The van der Waals surface area contributed by atoms with Gasteiger partial charge in [-0.25, -0.2) is 5.43 Å². The minimum absolute atomic E-state index is 0.0300. The molecule has 0 aromatic heterocycles. The van der Waals surface area contributed by atoms with Crippen LogP contribution in [0.3, 0.4) is 0 Å². The summed E-state index contributed by atoms with van der Waals surface area (Å²) in [4.78, 5) is 12.1. The second kappa shape index (κ2) is 7.23. The minimum Gasteiger partial charge on any atom is -0.506 e. The van der Waals surface area contributed by atoms with Crippen LogP contribution in [-0.4, -0.2) is 29.9 Å². The molecule has 0 aliphatic carbocycles. The number of phenolic OH excluding ortho intramolecular Hbond substituents is 1. The van der Waals surface area contributed by atoms with Gasteiger partial charge in [0.1, 0.15) is 12.4 Å². The molecule has 0 spiro atoms. The first-order chi connectivity index (χ1) is 11.5. The Hall–Kier alpha value is -2.06. The highest BCUT2D eigenvalue weighted by atomic mass is 79.9. The van der Waals surface area contributed by atoms with E-state index in [0.717, 1.165) is 4.47 Å². The molecule has 0 unspecified atom stereocenters. The number of hydrogen-bond acceptors (Lipinski definition) is 5. The molecule has 3 rings (SSSR count). The van der Waals surface area contributed by atoms with E-state index in [1.807, 2.05) is 6.07 Å². The first kappa shape index (κ1) is 16.8. The molecule has 1 aliphatic heterocycles. The maximum absolute atomic E-state index is 12.1. The lowest BCUT2D eigenvalue weighted by Crippen LogP contribution is -2.42. The largest absolute Gasteiger partial charge is 0.506 e. The van der Waals surface area contributed by atoms with Gasteiger partial charge in [0.2, 0.25) is 6.10 Å². The van der Waals surface area contributed by atoms with Crippen molar-refractivity contribution in [1.29, 1.82) is 0 Å². The number of hydrogen-bond donors (Lipinski definition) is 2. The smallest absolute Gasteiger partial charge is 0.284 e. The maximum atomic E-state index is 12.1. The number of fused-ring (bicyclic) bond motifs is 1. The summed E-state index contributed by atoms with van der Waals surface area (Å²) < 4.78 is 12.3. The maximum Gasteiger partial charge on any atom is 0.284 e. The first-order valence-corrected chi connectivity index (χ1v) is 8.52. The van der Waals surface area contributed by atoms with E-state index in [2.05, 4.69) is 42.4 Å². The molecular formula is C16H12Br2N2O4. The average Bonchev–Trinajstić information content (AvgIpc) is 2.58. The lowest BCUT2D eigenvalue weighted by Gasteiger charge is -2.24. The molecule has 8 heteroatoms. The Labute approximate surface area is 154 Å². The number of ether oxygens (including phenoxy) is 2. The van der Waals surface area contributed by atoms with Crippen molar-refractivity contribution in [3.63, 3.8) is 0 Å². The second-order valence-electron chi connectivity index (χ2n) is 4.92. The fourth-order valence-electron chi connectivity index (χ4n) is 2.07. The summed E-state index contributed by atoms with van der Waals surface area (Å²) in [6, 6.07) is 10.5. The molecule has 0 fully saturated rings. The first-order valence-electron chi connectivity index (χ1n) is 6.94. The monoisotopic (exact) mass is 454 g/mol. The molecule has 0 saturated heterocycles. The SMILES string of the molecule is O=C(N/N=C/c1cc(Br)cc(Br)c1O)[C@H]1COc2ccccc2O1. The molecule has 1 atom stereocenters. The molecule has 24 heavy (non-hydrogen) atoms. The van der Waals surface area contributed by atoms with Crippen LogP contribution in [0.25, 0.3) is 0 Å². The molecule has 2 N–H and O–H groups in total. The molecule has 0 radical (unpaired) electrons. The van der Waals surface area contributed by atoms with E-state index in [9.17, 15) is 9.90 Å². The Kier molecular flexibility index (Phi) is 5.06. The number of phenols is 1.